The summed E-state index contributed by atoms with van der Waals surface area (Å²) >= 11 is 5.01. The van der Waals surface area contributed by atoms with Gasteiger partial charge in [-0.3, -0.25) is 9.98 Å². The highest BCUT2D eigenvalue weighted by Gasteiger charge is 2.24. The Hall–Kier alpha value is -2.72. The van der Waals surface area contributed by atoms with E-state index in [-0.39, 0.29) is 5.89 Å². The molecule has 10 heteroatoms. The van der Waals surface area contributed by atoms with E-state index in [0.717, 1.165) is 25.6 Å². The smallest absolute Gasteiger partial charge is 0.263 e. The fourth-order valence-corrected chi connectivity index (χ4v) is 3.56. The molecule has 8 nitrogen and oxygen atoms in total. The average Bonchev–Trinajstić information content (AvgIpc) is 3.25. The van der Waals surface area contributed by atoms with E-state index >= 15 is 0 Å². The zero-order valence-corrected chi connectivity index (χ0v) is 19.1. The highest BCUT2D eigenvalue weighted by Crippen LogP contribution is 2.30. The number of aliphatic imine (C=N–C) groups is 1. The van der Waals surface area contributed by atoms with Gasteiger partial charge < -0.3 is 14.0 Å². The standard InChI is InChI=1S/C20H20BrN5O3S/c1-12-8-23-18(6-15(12)9-25-27-4)19(20-26-24-11-28-20)29-17-5-13(2)30-14(3)22-10-16(21)7-17/h5-9,11,19H,2,10H2,1,3-4H3/b16-7+,17-5+,22-14?,25-9+/t19-/m1/s1. The molecule has 0 saturated carbocycles. The van der Waals surface area contributed by atoms with Crippen molar-refractivity contribution in [1.29, 1.82) is 0 Å². The topological polar surface area (TPSA) is 95.0 Å². The molecule has 2 aromatic rings. The number of aromatic nitrogens is 3. The molecule has 0 saturated heterocycles. The van der Waals surface area contributed by atoms with E-state index in [2.05, 4.69) is 47.8 Å². The van der Waals surface area contributed by atoms with E-state index in [1.165, 1.54) is 25.3 Å². The number of thioether (sulfide) groups is 1. The van der Waals surface area contributed by atoms with Crippen molar-refractivity contribution < 1.29 is 14.0 Å². The summed E-state index contributed by atoms with van der Waals surface area (Å²) in [7, 11) is 1.49. The summed E-state index contributed by atoms with van der Waals surface area (Å²) in [6.45, 7) is 8.44. The van der Waals surface area contributed by atoms with Crippen LogP contribution in [0.1, 0.15) is 35.7 Å². The molecule has 0 bridgehead atoms. The second-order valence-corrected chi connectivity index (χ2v) is 8.54. The summed E-state index contributed by atoms with van der Waals surface area (Å²) in [5.74, 6) is 0.832. The van der Waals surface area contributed by atoms with Crippen LogP contribution in [0.15, 0.2) is 67.1 Å². The maximum atomic E-state index is 6.28. The van der Waals surface area contributed by atoms with Crippen LogP contribution in [0.2, 0.25) is 0 Å². The summed E-state index contributed by atoms with van der Waals surface area (Å²) in [5, 5.41) is 12.6. The van der Waals surface area contributed by atoms with E-state index in [1.54, 1.807) is 12.4 Å². The Morgan fingerprint density at radius 3 is 2.93 bits per heavy atom. The lowest BCUT2D eigenvalue weighted by molar-refractivity contribution is 0.129. The van der Waals surface area contributed by atoms with Gasteiger partial charge in [-0.1, -0.05) is 39.4 Å². The molecule has 30 heavy (non-hydrogen) atoms. The molecule has 2 aromatic heterocycles. The molecule has 0 aliphatic carbocycles. The molecule has 0 radical (unpaired) electrons. The first-order chi connectivity index (χ1) is 14.5. The largest absolute Gasteiger partial charge is 0.474 e. The first-order valence-electron chi connectivity index (χ1n) is 8.87. The van der Waals surface area contributed by atoms with Gasteiger partial charge in [0.25, 0.3) is 5.89 Å². The molecular formula is C20H20BrN5O3S. The van der Waals surface area contributed by atoms with Crippen LogP contribution < -0.4 is 0 Å². The molecule has 0 amide bonds. The predicted molar refractivity (Wildman–Crippen MR) is 121 cm³/mol. The second kappa shape index (κ2) is 10.4. The summed E-state index contributed by atoms with van der Waals surface area (Å²) < 4.78 is 12.6. The van der Waals surface area contributed by atoms with E-state index in [4.69, 9.17) is 14.0 Å². The van der Waals surface area contributed by atoms with Crippen molar-refractivity contribution in [2.75, 3.05) is 13.7 Å². The van der Waals surface area contributed by atoms with Gasteiger partial charge in [-0.15, -0.1) is 10.2 Å². The van der Waals surface area contributed by atoms with Gasteiger partial charge in [0.15, 0.2) is 0 Å². The van der Waals surface area contributed by atoms with Crippen LogP contribution in [-0.4, -0.2) is 40.1 Å². The predicted octanol–water partition coefficient (Wildman–Crippen LogP) is 4.70. The fraction of sp³-hybridized carbons (Fsp3) is 0.250. The van der Waals surface area contributed by atoms with Crippen LogP contribution in [0.5, 0.6) is 0 Å². The van der Waals surface area contributed by atoms with Gasteiger partial charge in [-0.2, -0.15) is 0 Å². The second-order valence-electron chi connectivity index (χ2n) is 6.20. The zero-order valence-electron chi connectivity index (χ0n) is 16.7. The number of halogens is 1. The number of allylic oxidation sites excluding steroid dienone is 2. The van der Waals surface area contributed by atoms with Crippen LogP contribution in [0.3, 0.4) is 0 Å². The average molecular weight is 490 g/mol. The number of oxime groups is 1. The third kappa shape index (κ3) is 5.90. The number of aryl methyl sites for hydroxylation is 1. The summed E-state index contributed by atoms with van der Waals surface area (Å²) in [4.78, 5) is 14.6. The van der Waals surface area contributed by atoms with Crippen molar-refractivity contribution in [3.05, 3.63) is 75.2 Å². The Morgan fingerprint density at radius 1 is 1.37 bits per heavy atom. The van der Waals surface area contributed by atoms with Gasteiger partial charge in [-0.25, -0.2) is 0 Å². The number of hydrogen-bond acceptors (Lipinski definition) is 9. The first kappa shape index (κ1) is 22.0. The Kier molecular flexibility index (Phi) is 7.58. The number of pyridine rings is 1. The lowest BCUT2D eigenvalue weighted by Crippen LogP contribution is -2.10. The maximum Gasteiger partial charge on any atom is 0.263 e. The molecule has 3 heterocycles. The molecule has 3 rings (SSSR count). The highest BCUT2D eigenvalue weighted by atomic mass is 79.9. The number of rotatable bonds is 6. The zero-order chi connectivity index (χ0) is 21.5. The minimum atomic E-state index is -0.730. The molecule has 0 unspecified atom stereocenters. The van der Waals surface area contributed by atoms with Crippen molar-refractivity contribution >= 4 is 39.0 Å². The van der Waals surface area contributed by atoms with Crippen molar-refractivity contribution in [2.45, 2.75) is 20.0 Å². The van der Waals surface area contributed by atoms with Crippen molar-refractivity contribution in [3.63, 3.8) is 0 Å². The van der Waals surface area contributed by atoms with Crippen LogP contribution in [0.25, 0.3) is 0 Å². The number of nitrogens with zero attached hydrogens (tertiary/aromatic N) is 5. The van der Waals surface area contributed by atoms with Gasteiger partial charge in [0.2, 0.25) is 12.5 Å². The minimum absolute atomic E-state index is 0.275. The van der Waals surface area contributed by atoms with Crippen molar-refractivity contribution in [2.24, 2.45) is 10.1 Å². The van der Waals surface area contributed by atoms with E-state index in [9.17, 15) is 0 Å². The maximum absolute atomic E-state index is 6.28. The molecule has 0 fully saturated rings. The lowest BCUT2D eigenvalue weighted by Gasteiger charge is -2.17. The van der Waals surface area contributed by atoms with E-state index in [0.29, 0.717) is 18.0 Å². The van der Waals surface area contributed by atoms with Crippen LogP contribution in [0, 0.1) is 6.92 Å². The first-order valence-corrected chi connectivity index (χ1v) is 10.5. The SMILES string of the molecule is C=C1/C=C(O[C@H](c2cc(/C=N/OC)c(C)cn2)c2nnco2)\C=C(\Br)CN=C(C)S1. The Bertz CT molecular complexity index is 1030. The molecular weight excluding hydrogens is 470 g/mol. The van der Waals surface area contributed by atoms with Crippen LogP contribution in [0.4, 0.5) is 0 Å². The summed E-state index contributed by atoms with van der Waals surface area (Å²) in [6, 6.07) is 1.85. The molecule has 1 aliphatic heterocycles. The van der Waals surface area contributed by atoms with Crippen LogP contribution >= 0.6 is 27.7 Å². The molecule has 1 atom stereocenters. The highest BCUT2D eigenvalue weighted by molar-refractivity contribution is 9.11. The quantitative estimate of drug-likeness (QED) is 0.428. The lowest BCUT2D eigenvalue weighted by atomic mass is 10.1. The van der Waals surface area contributed by atoms with Gasteiger partial charge in [0.1, 0.15) is 12.9 Å². The fourth-order valence-electron chi connectivity index (χ4n) is 2.52. The number of ether oxygens (including phenoxy) is 1. The van der Waals surface area contributed by atoms with Crippen molar-refractivity contribution in [1.82, 2.24) is 15.2 Å². The van der Waals surface area contributed by atoms with Gasteiger partial charge >= 0.3 is 0 Å². The minimum Gasteiger partial charge on any atom is -0.474 e. The molecule has 0 spiro atoms. The monoisotopic (exact) mass is 489 g/mol. The molecule has 1 aliphatic rings. The summed E-state index contributed by atoms with van der Waals surface area (Å²) in [6.07, 6.45) is 7.54. The Balaban J connectivity index is 2.00. The van der Waals surface area contributed by atoms with Gasteiger partial charge in [0.05, 0.1) is 23.5 Å². The molecule has 156 valence electrons. The van der Waals surface area contributed by atoms with Crippen LogP contribution in [-0.2, 0) is 9.57 Å². The third-order valence-electron chi connectivity index (χ3n) is 3.92. The third-order valence-corrected chi connectivity index (χ3v) is 5.20. The molecule has 0 N–H and O–H groups in total. The normalized spacial score (nSPS) is 19.6. The molecule has 0 aromatic carbocycles. The van der Waals surface area contributed by atoms with E-state index < -0.39 is 6.10 Å². The Morgan fingerprint density at radius 2 is 2.20 bits per heavy atom. The van der Waals surface area contributed by atoms with Crippen molar-refractivity contribution in [3.8, 4) is 0 Å². The van der Waals surface area contributed by atoms with E-state index in [1.807, 2.05) is 32.1 Å². The summed E-state index contributed by atoms with van der Waals surface area (Å²) in [5.41, 5.74) is 2.35. The van der Waals surface area contributed by atoms with Gasteiger partial charge in [0, 0.05) is 21.1 Å². The number of hydrogen-bond donors (Lipinski definition) is 0. The van der Waals surface area contributed by atoms with Gasteiger partial charge in [-0.05, 0) is 37.6 Å². The Labute approximate surface area is 187 Å².